The van der Waals surface area contributed by atoms with E-state index in [9.17, 15) is 13.6 Å². The number of amidine groups is 1. The van der Waals surface area contributed by atoms with Crippen LogP contribution in [0.4, 0.5) is 13.6 Å². The van der Waals surface area contributed by atoms with E-state index in [-0.39, 0.29) is 0 Å². The first-order chi connectivity index (χ1) is 6.37. The molecule has 1 rings (SSSR count). The number of carbonyl (C=O) groups is 1. The van der Waals surface area contributed by atoms with E-state index >= 15 is 0 Å². The molecule has 6 nitrogen and oxygen atoms in total. The molecule has 0 aromatic heterocycles. The summed E-state index contributed by atoms with van der Waals surface area (Å²) >= 11 is 0. The second kappa shape index (κ2) is 3.28. The van der Waals surface area contributed by atoms with Crippen molar-refractivity contribution in [2.45, 2.75) is 18.4 Å². The van der Waals surface area contributed by atoms with Gasteiger partial charge in [0.2, 0.25) is 0 Å². The van der Waals surface area contributed by atoms with Crippen LogP contribution in [0.1, 0.15) is 6.42 Å². The topological polar surface area (TPSA) is 99.2 Å². The minimum Gasteiger partial charge on any atom is -0.465 e. The van der Waals surface area contributed by atoms with Crippen LogP contribution in [0, 0.1) is 0 Å². The maximum absolute atomic E-state index is 12.8. The van der Waals surface area contributed by atoms with E-state index < -0.39 is 36.9 Å². The monoisotopic (exact) mass is 209 g/mol. The van der Waals surface area contributed by atoms with Crippen LogP contribution in [-0.2, 0) is 0 Å². The third-order valence-corrected chi connectivity index (χ3v) is 1.97. The van der Waals surface area contributed by atoms with Crippen molar-refractivity contribution in [3.05, 3.63) is 0 Å². The number of oxime groups is 1. The van der Waals surface area contributed by atoms with Gasteiger partial charge in [0.1, 0.15) is 6.04 Å². The van der Waals surface area contributed by atoms with Gasteiger partial charge in [-0.25, -0.2) is 13.6 Å². The number of hydrogen-bond acceptors (Lipinski definition) is 3. The minimum absolute atomic E-state index is 0.453. The van der Waals surface area contributed by atoms with Crippen LogP contribution in [-0.4, -0.2) is 45.7 Å². The normalized spacial score (nSPS) is 26.6. The maximum Gasteiger partial charge on any atom is 0.408 e. The van der Waals surface area contributed by atoms with Gasteiger partial charge in [0.15, 0.2) is 5.84 Å². The first-order valence-electron chi connectivity index (χ1n) is 3.72. The molecule has 0 radical (unpaired) electrons. The average molecular weight is 209 g/mol. The maximum atomic E-state index is 12.8. The molecule has 0 bridgehead atoms. The number of halogens is 2. The molecule has 0 aliphatic carbocycles. The summed E-state index contributed by atoms with van der Waals surface area (Å²) in [6.07, 6.45) is -2.27. The van der Waals surface area contributed by atoms with Crippen LogP contribution >= 0.6 is 0 Å². The summed E-state index contributed by atoms with van der Waals surface area (Å²) in [7, 11) is 0. The Bertz CT molecular complexity index is 281. The van der Waals surface area contributed by atoms with Gasteiger partial charge in [0.05, 0.1) is 6.54 Å². The summed E-state index contributed by atoms with van der Waals surface area (Å²) in [5, 5.41) is 19.3. The Balaban J connectivity index is 2.88. The zero-order valence-electron chi connectivity index (χ0n) is 7.02. The highest BCUT2D eigenvalue weighted by atomic mass is 19.3. The molecule has 0 saturated carbocycles. The third kappa shape index (κ3) is 1.83. The number of nitrogens with two attached hydrogens (primary N) is 1. The summed E-state index contributed by atoms with van der Waals surface area (Å²) in [6, 6.07) is -1.26. The molecule has 8 heteroatoms. The fraction of sp³-hybridized carbons (Fsp3) is 0.667. The van der Waals surface area contributed by atoms with Crippen LogP contribution in [0.5, 0.6) is 0 Å². The lowest BCUT2D eigenvalue weighted by Gasteiger charge is -2.18. The second-order valence-electron chi connectivity index (χ2n) is 3.01. The lowest BCUT2D eigenvalue weighted by molar-refractivity contribution is 0.0128. The molecule has 1 aliphatic heterocycles. The second-order valence-corrected chi connectivity index (χ2v) is 3.01. The first kappa shape index (κ1) is 10.5. The van der Waals surface area contributed by atoms with Gasteiger partial charge >= 0.3 is 6.09 Å². The predicted molar refractivity (Wildman–Crippen MR) is 41.5 cm³/mol. The highest BCUT2D eigenvalue weighted by Crippen LogP contribution is 2.31. The Morgan fingerprint density at radius 2 is 2.21 bits per heavy atom. The Morgan fingerprint density at radius 3 is 2.64 bits per heavy atom. The van der Waals surface area contributed by atoms with Gasteiger partial charge < -0.3 is 16.0 Å². The molecule has 4 N–H and O–H groups in total. The summed E-state index contributed by atoms with van der Waals surface area (Å²) < 4.78 is 25.6. The van der Waals surface area contributed by atoms with Crippen molar-refractivity contribution in [1.29, 1.82) is 0 Å². The van der Waals surface area contributed by atoms with E-state index in [0.717, 1.165) is 0 Å². The van der Waals surface area contributed by atoms with Crippen LogP contribution in [0.15, 0.2) is 5.16 Å². The molecular formula is C6H9F2N3O3. The molecule has 1 saturated heterocycles. The molecule has 0 unspecified atom stereocenters. The van der Waals surface area contributed by atoms with Crippen molar-refractivity contribution < 1.29 is 23.9 Å². The molecule has 0 aromatic rings. The average Bonchev–Trinajstić information content (AvgIpc) is 2.40. The van der Waals surface area contributed by atoms with E-state index in [0.29, 0.717) is 4.90 Å². The highest BCUT2D eigenvalue weighted by molar-refractivity contribution is 5.88. The predicted octanol–water partition coefficient (Wildman–Crippen LogP) is 0.120. The quantitative estimate of drug-likeness (QED) is 0.247. The van der Waals surface area contributed by atoms with E-state index in [1.54, 1.807) is 0 Å². The van der Waals surface area contributed by atoms with Crippen molar-refractivity contribution in [1.82, 2.24) is 4.90 Å². The van der Waals surface area contributed by atoms with Crippen molar-refractivity contribution in [2.24, 2.45) is 10.9 Å². The highest BCUT2D eigenvalue weighted by Gasteiger charge is 2.48. The van der Waals surface area contributed by atoms with Gasteiger partial charge in [-0.1, -0.05) is 5.16 Å². The number of rotatable bonds is 1. The molecule has 0 spiro atoms. The van der Waals surface area contributed by atoms with Gasteiger partial charge in [0, 0.05) is 6.42 Å². The summed E-state index contributed by atoms with van der Waals surface area (Å²) in [6.45, 7) is -0.927. The lowest BCUT2D eigenvalue weighted by atomic mass is 10.2. The Labute approximate surface area is 77.6 Å². The number of hydrogen-bond donors (Lipinski definition) is 3. The minimum atomic E-state index is -3.13. The molecule has 14 heavy (non-hydrogen) atoms. The Kier molecular flexibility index (Phi) is 2.45. The molecule has 80 valence electrons. The molecule has 0 aromatic carbocycles. The van der Waals surface area contributed by atoms with Crippen LogP contribution < -0.4 is 5.73 Å². The van der Waals surface area contributed by atoms with Crippen molar-refractivity contribution >= 4 is 11.9 Å². The molecule has 1 amide bonds. The summed E-state index contributed by atoms with van der Waals surface area (Å²) in [5.74, 6) is -3.65. The van der Waals surface area contributed by atoms with Crippen LogP contribution in [0.25, 0.3) is 0 Å². The molecular weight excluding hydrogens is 200 g/mol. The zero-order valence-corrected chi connectivity index (χ0v) is 7.02. The smallest absolute Gasteiger partial charge is 0.408 e. The van der Waals surface area contributed by atoms with Gasteiger partial charge in [-0.15, -0.1) is 0 Å². The number of likely N-dealkylation sites (tertiary alicyclic amines) is 1. The van der Waals surface area contributed by atoms with Gasteiger partial charge in [-0.2, -0.15) is 0 Å². The van der Waals surface area contributed by atoms with E-state index in [4.69, 9.17) is 16.0 Å². The van der Waals surface area contributed by atoms with Crippen molar-refractivity contribution in [3.63, 3.8) is 0 Å². The fourth-order valence-electron chi connectivity index (χ4n) is 1.35. The van der Waals surface area contributed by atoms with Crippen molar-refractivity contribution in [3.8, 4) is 0 Å². The largest absolute Gasteiger partial charge is 0.465 e. The van der Waals surface area contributed by atoms with E-state index in [1.165, 1.54) is 0 Å². The Hall–Kier alpha value is -1.60. The Morgan fingerprint density at radius 1 is 1.64 bits per heavy atom. The van der Waals surface area contributed by atoms with Gasteiger partial charge in [-0.05, 0) is 0 Å². The zero-order chi connectivity index (χ0) is 10.9. The molecule has 1 heterocycles. The van der Waals surface area contributed by atoms with Crippen LogP contribution in [0.2, 0.25) is 0 Å². The third-order valence-electron chi connectivity index (χ3n) is 1.97. The SMILES string of the molecule is NC(=NO)[C@@H]1CC(F)(F)CN1C(=O)O. The van der Waals surface area contributed by atoms with Gasteiger partial charge in [0.25, 0.3) is 5.92 Å². The van der Waals surface area contributed by atoms with E-state index in [1.807, 2.05) is 0 Å². The molecule has 1 fully saturated rings. The van der Waals surface area contributed by atoms with Crippen LogP contribution in [0.3, 0.4) is 0 Å². The number of alkyl halides is 2. The van der Waals surface area contributed by atoms with E-state index in [2.05, 4.69) is 5.16 Å². The van der Waals surface area contributed by atoms with Crippen molar-refractivity contribution in [2.75, 3.05) is 6.54 Å². The fourth-order valence-corrected chi connectivity index (χ4v) is 1.35. The lowest BCUT2D eigenvalue weighted by Crippen LogP contribution is -2.43. The summed E-state index contributed by atoms with van der Waals surface area (Å²) in [4.78, 5) is 11.0. The molecule has 1 aliphatic rings. The standard InChI is InChI=1S/C6H9F2N3O3/c7-6(8)1-3(4(9)10-14)11(2-6)5(12)13/h3,14H,1-2H2,(H2,9,10)(H,12,13)/t3-/m0/s1. The number of carboxylic acid groups (broad SMARTS) is 1. The number of amides is 1. The number of nitrogens with zero attached hydrogens (tertiary/aromatic N) is 2. The first-order valence-corrected chi connectivity index (χ1v) is 3.72. The van der Waals surface area contributed by atoms with Gasteiger partial charge in [-0.3, -0.25) is 4.90 Å². The summed E-state index contributed by atoms with van der Waals surface area (Å²) in [5.41, 5.74) is 5.09. The molecule has 1 atom stereocenters.